The van der Waals surface area contributed by atoms with Crippen LogP contribution >= 0.6 is 15.9 Å². The summed E-state index contributed by atoms with van der Waals surface area (Å²) in [7, 11) is 0. The molecule has 1 unspecified atom stereocenters. The van der Waals surface area contributed by atoms with Crippen LogP contribution in [0.15, 0.2) is 46.9 Å². The molecule has 4 heteroatoms. The maximum Gasteiger partial charge on any atom is 0.191 e. The van der Waals surface area contributed by atoms with E-state index >= 15 is 0 Å². The van der Waals surface area contributed by atoms with Crippen molar-refractivity contribution in [2.45, 2.75) is 32.3 Å². The van der Waals surface area contributed by atoms with E-state index in [1.807, 2.05) is 6.92 Å². The number of hydrogen-bond acceptors (Lipinski definition) is 2. The molecule has 0 heterocycles. The molecule has 116 valence electrons. The van der Waals surface area contributed by atoms with Gasteiger partial charge >= 0.3 is 0 Å². The molecule has 0 radical (unpaired) electrons. The van der Waals surface area contributed by atoms with E-state index in [1.165, 1.54) is 6.07 Å². The van der Waals surface area contributed by atoms with Gasteiger partial charge in [-0.25, -0.2) is 4.39 Å². The van der Waals surface area contributed by atoms with Crippen LogP contribution in [0, 0.1) is 5.82 Å². The molecule has 0 aliphatic rings. The van der Waals surface area contributed by atoms with Crippen LogP contribution in [-0.4, -0.2) is 17.0 Å². The molecule has 0 aliphatic heterocycles. The van der Waals surface area contributed by atoms with Crippen molar-refractivity contribution < 1.29 is 14.3 Å². The first kappa shape index (κ1) is 16.8. The molecule has 1 N–H and O–H groups in total. The Kier molecular flexibility index (Phi) is 5.86. The lowest BCUT2D eigenvalue weighted by Gasteiger charge is -2.10. The van der Waals surface area contributed by atoms with Crippen molar-refractivity contribution in [1.82, 2.24) is 0 Å². The molecule has 0 fully saturated rings. The SMILES string of the molecule is CCCCC(O)C(=O)c1ccc(-c2ccc(Br)cc2F)cc1. The van der Waals surface area contributed by atoms with Crippen molar-refractivity contribution in [2.24, 2.45) is 0 Å². The molecule has 0 amide bonds. The maximum atomic E-state index is 13.9. The fourth-order valence-corrected chi connectivity index (χ4v) is 2.59. The van der Waals surface area contributed by atoms with Gasteiger partial charge in [0.05, 0.1) is 0 Å². The van der Waals surface area contributed by atoms with E-state index in [2.05, 4.69) is 15.9 Å². The van der Waals surface area contributed by atoms with Gasteiger partial charge in [-0.2, -0.15) is 0 Å². The molecule has 2 rings (SSSR count). The second-order valence-electron chi connectivity index (χ2n) is 5.22. The lowest BCUT2D eigenvalue weighted by atomic mass is 9.98. The van der Waals surface area contributed by atoms with Crippen LogP contribution in [0.4, 0.5) is 4.39 Å². The van der Waals surface area contributed by atoms with Crippen LogP contribution < -0.4 is 0 Å². The smallest absolute Gasteiger partial charge is 0.191 e. The van der Waals surface area contributed by atoms with E-state index < -0.39 is 6.10 Å². The first-order valence-electron chi connectivity index (χ1n) is 7.30. The molecule has 2 aromatic rings. The number of halogens is 2. The summed E-state index contributed by atoms with van der Waals surface area (Å²) in [6.45, 7) is 2.01. The van der Waals surface area contributed by atoms with E-state index in [4.69, 9.17) is 0 Å². The van der Waals surface area contributed by atoms with Crippen LogP contribution in [0.5, 0.6) is 0 Å². The van der Waals surface area contributed by atoms with E-state index in [-0.39, 0.29) is 11.6 Å². The van der Waals surface area contributed by atoms with Crippen LogP contribution in [0.3, 0.4) is 0 Å². The van der Waals surface area contributed by atoms with Gasteiger partial charge in [-0.1, -0.05) is 66.0 Å². The van der Waals surface area contributed by atoms with Gasteiger partial charge in [-0.15, -0.1) is 0 Å². The van der Waals surface area contributed by atoms with Crippen molar-refractivity contribution in [3.63, 3.8) is 0 Å². The van der Waals surface area contributed by atoms with Crippen LogP contribution in [0.25, 0.3) is 11.1 Å². The fourth-order valence-electron chi connectivity index (χ4n) is 2.26. The largest absolute Gasteiger partial charge is 0.385 e. The Morgan fingerprint density at radius 3 is 2.50 bits per heavy atom. The average Bonchev–Trinajstić information content (AvgIpc) is 2.52. The zero-order chi connectivity index (χ0) is 16.1. The number of carbonyl (C=O) groups is 1. The zero-order valence-corrected chi connectivity index (χ0v) is 13.9. The molecule has 2 aromatic carbocycles. The maximum absolute atomic E-state index is 13.9. The van der Waals surface area contributed by atoms with E-state index in [0.29, 0.717) is 27.6 Å². The molecular weight excluding hydrogens is 347 g/mol. The normalized spacial score (nSPS) is 12.2. The third-order valence-electron chi connectivity index (χ3n) is 3.55. The number of aliphatic hydroxyl groups is 1. The van der Waals surface area contributed by atoms with Crippen molar-refractivity contribution in [3.05, 3.63) is 58.3 Å². The first-order chi connectivity index (χ1) is 10.5. The van der Waals surface area contributed by atoms with Gasteiger partial charge in [0.2, 0.25) is 0 Å². The summed E-state index contributed by atoms with van der Waals surface area (Å²) < 4.78 is 14.6. The summed E-state index contributed by atoms with van der Waals surface area (Å²) in [6.07, 6.45) is 1.26. The lowest BCUT2D eigenvalue weighted by molar-refractivity contribution is 0.0726. The minimum absolute atomic E-state index is 0.281. The minimum atomic E-state index is -0.963. The number of ketones is 1. The Balaban J connectivity index is 2.18. The minimum Gasteiger partial charge on any atom is -0.385 e. The van der Waals surface area contributed by atoms with Gasteiger partial charge in [0, 0.05) is 15.6 Å². The molecule has 0 saturated carbocycles. The quantitative estimate of drug-likeness (QED) is 0.733. The highest BCUT2D eigenvalue weighted by Crippen LogP contribution is 2.26. The summed E-state index contributed by atoms with van der Waals surface area (Å²) in [6, 6.07) is 11.5. The Bertz CT molecular complexity index is 653. The Morgan fingerprint density at radius 2 is 1.91 bits per heavy atom. The molecule has 0 spiro atoms. The van der Waals surface area contributed by atoms with Gasteiger partial charge in [0.25, 0.3) is 0 Å². The standard InChI is InChI=1S/C18H18BrFO2/c1-2-3-4-17(21)18(22)13-7-5-12(6-8-13)15-10-9-14(19)11-16(15)20/h5-11,17,21H,2-4H2,1H3. The highest BCUT2D eigenvalue weighted by Gasteiger charge is 2.16. The third kappa shape index (κ3) is 4.02. The summed E-state index contributed by atoms with van der Waals surface area (Å²) in [4.78, 5) is 12.1. The van der Waals surface area contributed by atoms with Crippen LogP contribution in [0.2, 0.25) is 0 Å². The van der Waals surface area contributed by atoms with E-state index in [9.17, 15) is 14.3 Å². The monoisotopic (exact) mass is 364 g/mol. The van der Waals surface area contributed by atoms with E-state index in [0.717, 1.165) is 12.8 Å². The molecule has 22 heavy (non-hydrogen) atoms. The molecule has 0 aromatic heterocycles. The molecule has 0 bridgehead atoms. The number of hydrogen-bond donors (Lipinski definition) is 1. The molecule has 2 nitrogen and oxygen atoms in total. The first-order valence-corrected chi connectivity index (χ1v) is 8.10. The highest BCUT2D eigenvalue weighted by atomic mass is 79.9. The molecule has 0 aliphatic carbocycles. The van der Waals surface area contributed by atoms with Gasteiger partial charge in [-0.3, -0.25) is 4.79 Å². The molecular formula is C18H18BrFO2. The van der Waals surface area contributed by atoms with Crippen LogP contribution in [0.1, 0.15) is 36.5 Å². The van der Waals surface area contributed by atoms with Crippen molar-refractivity contribution in [3.8, 4) is 11.1 Å². The Labute approximate surface area is 138 Å². The number of aliphatic hydroxyl groups excluding tert-OH is 1. The number of rotatable bonds is 6. The number of Topliss-reactive ketones (excluding diaryl/α,β-unsaturated/α-hetero) is 1. The number of benzene rings is 2. The summed E-state index contributed by atoms with van der Waals surface area (Å²) in [5, 5.41) is 9.85. The second kappa shape index (κ2) is 7.65. The van der Waals surface area contributed by atoms with E-state index in [1.54, 1.807) is 36.4 Å². The predicted molar refractivity (Wildman–Crippen MR) is 89.4 cm³/mol. The average molecular weight is 365 g/mol. The number of carbonyl (C=O) groups excluding carboxylic acids is 1. The summed E-state index contributed by atoms with van der Waals surface area (Å²) in [5.74, 6) is -0.604. The molecule has 1 atom stereocenters. The lowest BCUT2D eigenvalue weighted by Crippen LogP contribution is -2.20. The third-order valence-corrected chi connectivity index (χ3v) is 4.04. The van der Waals surface area contributed by atoms with Crippen molar-refractivity contribution in [1.29, 1.82) is 0 Å². The second-order valence-corrected chi connectivity index (χ2v) is 6.14. The summed E-state index contributed by atoms with van der Waals surface area (Å²) in [5.41, 5.74) is 1.63. The summed E-state index contributed by atoms with van der Waals surface area (Å²) >= 11 is 3.22. The molecule has 0 saturated heterocycles. The van der Waals surface area contributed by atoms with Gasteiger partial charge in [0.15, 0.2) is 5.78 Å². The van der Waals surface area contributed by atoms with Gasteiger partial charge in [0.1, 0.15) is 11.9 Å². The van der Waals surface area contributed by atoms with Crippen molar-refractivity contribution in [2.75, 3.05) is 0 Å². The Hall–Kier alpha value is -1.52. The highest BCUT2D eigenvalue weighted by molar-refractivity contribution is 9.10. The predicted octanol–water partition coefficient (Wildman–Crippen LogP) is 4.99. The van der Waals surface area contributed by atoms with Gasteiger partial charge in [-0.05, 0) is 24.1 Å². The topological polar surface area (TPSA) is 37.3 Å². The van der Waals surface area contributed by atoms with Crippen LogP contribution in [-0.2, 0) is 0 Å². The number of unbranched alkanes of at least 4 members (excludes halogenated alkanes) is 1. The van der Waals surface area contributed by atoms with Gasteiger partial charge < -0.3 is 5.11 Å². The van der Waals surface area contributed by atoms with Crippen molar-refractivity contribution >= 4 is 21.7 Å². The fraction of sp³-hybridized carbons (Fsp3) is 0.278. The zero-order valence-electron chi connectivity index (χ0n) is 12.4. The Morgan fingerprint density at radius 1 is 1.23 bits per heavy atom.